The van der Waals surface area contributed by atoms with Crippen molar-refractivity contribution in [3.8, 4) is 5.75 Å². The van der Waals surface area contributed by atoms with Crippen LogP contribution in [-0.4, -0.2) is 24.5 Å². The Morgan fingerprint density at radius 3 is 2.23 bits per heavy atom. The second-order valence-corrected chi connectivity index (χ2v) is 6.80. The molecule has 26 heavy (non-hydrogen) atoms. The molecule has 3 nitrogen and oxygen atoms in total. The van der Waals surface area contributed by atoms with Gasteiger partial charge in [0.1, 0.15) is 5.75 Å². The third kappa shape index (κ3) is 2.64. The molecule has 1 aliphatic carbocycles. The number of ether oxygens (including phenoxy) is 1. The van der Waals surface area contributed by atoms with Crippen molar-refractivity contribution in [2.75, 3.05) is 12.1 Å². The second kappa shape index (κ2) is 6.04. The van der Waals surface area contributed by atoms with Gasteiger partial charge in [0.05, 0.1) is 18.5 Å². The molecule has 1 heterocycles. The van der Waals surface area contributed by atoms with E-state index in [-0.39, 0.29) is 6.42 Å². The standard InChI is InChI=1S/C20H19F3N2O/c1-26-17-11-7-14(8-12-17)18-13-19(15-9-10-15,20(21,22)23)25(24-18)16-5-3-2-4-6-16/h2-8,11-12,15H,9-10,13H2,1H3. The number of alkyl halides is 3. The van der Waals surface area contributed by atoms with Crippen LogP contribution in [0.25, 0.3) is 0 Å². The highest BCUT2D eigenvalue weighted by atomic mass is 19.4. The number of hydrogen-bond acceptors (Lipinski definition) is 3. The van der Waals surface area contributed by atoms with Crippen LogP contribution in [0.5, 0.6) is 5.75 Å². The predicted molar refractivity (Wildman–Crippen MR) is 94.6 cm³/mol. The Morgan fingerprint density at radius 1 is 1.04 bits per heavy atom. The van der Waals surface area contributed by atoms with Gasteiger partial charge in [0, 0.05) is 6.42 Å². The van der Waals surface area contributed by atoms with E-state index in [4.69, 9.17) is 4.74 Å². The Morgan fingerprint density at radius 2 is 1.69 bits per heavy atom. The lowest BCUT2D eigenvalue weighted by atomic mass is 9.85. The van der Waals surface area contributed by atoms with Gasteiger partial charge in [0.2, 0.25) is 0 Å². The Hall–Kier alpha value is -2.50. The molecular formula is C20H19F3N2O. The SMILES string of the molecule is COc1ccc(C2=NN(c3ccccc3)C(C3CC3)(C(F)(F)F)C2)cc1. The van der Waals surface area contributed by atoms with Crippen LogP contribution < -0.4 is 9.75 Å². The summed E-state index contributed by atoms with van der Waals surface area (Å²) in [5, 5.41) is 5.67. The first kappa shape index (κ1) is 16.9. The Kier molecular flexibility index (Phi) is 3.93. The number of halogens is 3. The maximum Gasteiger partial charge on any atom is 0.414 e. The van der Waals surface area contributed by atoms with Crippen LogP contribution in [0.3, 0.4) is 0 Å². The minimum Gasteiger partial charge on any atom is -0.497 e. The molecular weight excluding hydrogens is 341 g/mol. The Balaban J connectivity index is 1.80. The molecule has 2 aromatic carbocycles. The van der Waals surface area contributed by atoms with Gasteiger partial charge in [-0.3, -0.25) is 0 Å². The second-order valence-electron chi connectivity index (χ2n) is 6.80. The molecule has 1 aliphatic heterocycles. The molecule has 2 aromatic rings. The highest BCUT2D eigenvalue weighted by Gasteiger charge is 2.68. The average molecular weight is 360 g/mol. The van der Waals surface area contributed by atoms with Gasteiger partial charge in [-0.15, -0.1) is 0 Å². The zero-order valence-corrected chi connectivity index (χ0v) is 14.3. The van der Waals surface area contributed by atoms with Crippen molar-refractivity contribution in [2.45, 2.75) is 31.0 Å². The van der Waals surface area contributed by atoms with Crippen LogP contribution in [0.4, 0.5) is 18.9 Å². The largest absolute Gasteiger partial charge is 0.497 e. The van der Waals surface area contributed by atoms with E-state index in [1.807, 2.05) is 0 Å². The van der Waals surface area contributed by atoms with Gasteiger partial charge in [0.15, 0.2) is 5.54 Å². The average Bonchev–Trinajstić information content (AvgIpc) is 3.41. The summed E-state index contributed by atoms with van der Waals surface area (Å²) in [5.41, 5.74) is -0.344. The third-order valence-corrected chi connectivity index (χ3v) is 5.20. The van der Waals surface area contributed by atoms with E-state index in [1.54, 1.807) is 61.7 Å². The fraction of sp³-hybridized carbons (Fsp3) is 0.350. The highest BCUT2D eigenvalue weighted by molar-refractivity contribution is 6.04. The first-order valence-corrected chi connectivity index (χ1v) is 8.59. The molecule has 1 atom stereocenters. The molecule has 0 radical (unpaired) electrons. The van der Waals surface area contributed by atoms with Crippen LogP contribution in [0, 0.1) is 5.92 Å². The van der Waals surface area contributed by atoms with Crippen LogP contribution in [0.2, 0.25) is 0 Å². The van der Waals surface area contributed by atoms with Gasteiger partial charge >= 0.3 is 6.18 Å². The third-order valence-electron chi connectivity index (χ3n) is 5.20. The number of methoxy groups -OCH3 is 1. The fourth-order valence-corrected chi connectivity index (χ4v) is 3.71. The van der Waals surface area contributed by atoms with Crippen LogP contribution in [-0.2, 0) is 0 Å². The number of anilines is 1. The van der Waals surface area contributed by atoms with Crippen molar-refractivity contribution < 1.29 is 17.9 Å². The van der Waals surface area contributed by atoms with Gasteiger partial charge in [-0.1, -0.05) is 18.2 Å². The van der Waals surface area contributed by atoms with Crippen molar-refractivity contribution in [1.82, 2.24) is 0 Å². The Bertz CT molecular complexity index is 813. The van der Waals surface area contributed by atoms with E-state index in [0.717, 1.165) is 0 Å². The van der Waals surface area contributed by atoms with E-state index >= 15 is 0 Å². The summed E-state index contributed by atoms with van der Waals surface area (Å²) >= 11 is 0. The summed E-state index contributed by atoms with van der Waals surface area (Å²) in [5.74, 6) is 0.235. The fourth-order valence-electron chi connectivity index (χ4n) is 3.71. The van der Waals surface area contributed by atoms with E-state index in [0.29, 0.717) is 35.6 Å². The topological polar surface area (TPSA) is 24.8 Å². The quantitative estimate of drug-likeness (QED) is 0.765. The van der Waals surface area contributed by atoms with Gasteiger partial charge in [-0.25, -0.2) is 5.01 Å². The summed E-state index contributed by atoms with van der Waals surface area (Å²) in [6.07, 6.45) is -3.35. The van der Waals surface area contributed by atoms with Gasteiger partial charge in [-0.2, -0.15) is 18.3 Å². The van der Waals surface area contributed by atoms with Gasteiger partial charge < -0.3 is 4.74 Å². The maximum absolute atomic E-state index is 14.3. The first-order chi connectivity index (χ1) is 12.5. The number of para-hydroxylation sites is 1. The summed E-state index contributed by atoms with van der Waals surface area (Å²) in [6, 6.07) is 15.7. The number of hydrogen-bond donors (Lipinski definition) is 0. The Labute approximate surface area is 150 Å². The highest BCUT2D eigenvalue weighted by Crippen LogP contribution is 2.57. The number of benzene rings is 2. The van der Waals surface area contributed by atoms with Crippen LogP contribution in [0.1, 0.15) is 24.8 Å². The molecule has 6 heteroatoms. The monoisotopic (exact) mass is 360 g/mol. The van der Waals surface area contributed by atoms with Crippen molar-refractivity contribution >= 4 is 11.4 Å². The lowest BCUT2D eigenvalue weighted by Crippen LogP contribution is -2.57. The van der Waals surface area contributed by atoms with Crippen molar-refractivity contribution in [1.29, 1.82) is 0 Å². The normalized spacial score (nSPS) is 23.1. The van der Waals surface area contributed by atoms with Crippen LogP contribution >= 0.6 is 0 Å². The predicted octanol–water partition coefficient (Wildman–Crippen LogP) is 5.02. The minimum atomic E-state index is -4.37. The van der Waals surface area contributed by atoms with Crippen molar-refractivity contribution in [2.24, 2.45) is 11.0 Å². The number of hydrazone groups is 1. The number of rotatable bonds is 4. The molecule has 0 N–H and O–H groups in total. The summed E-state index contributed by atoms with van der Waals surface area (Å²) in [7, 11) is 1.56. The van der Waals surface area contributed by atoms with E-state index in [9.17, 15) is 13.2 Å². The molecule has 1 fully saturated rings. The van der Waals surface area contributed by atoms with Crippen molar-refractivity contribution in [3.05, 3.63) is 60.2 Å². The summed E-state index contributed by atoms with van der Waals surface area (Å²) in [6.45, 7) is 0. The molecule has 0 aromatic heterocycles. The number of nitrogens with zero attached hydrogens (tertiary/aromatic N) is 2. The van der Waals surface area contributed by atoms with E-state index in [2.05, 4.69) is 5.10 Å². The van der Waals surface area contributed by atoms with Crippen LogP contribution in [0.15, 0.2) is 59.7 Å². The van der Waals surface area contributed by atoms with Gasteiger partial charge in [-0.05, 0) is 60.7 Å². The molecule has 4 rings (SSSR count). The lowest BCUT2D eigenvalue weighted by Gasteiger charge is -2.39. The summed E-state index contributed by atoms with van der Waals surface area (Å²) < 4.78 is 48.1. The molecule has 0 amide bonds. The first-order valence-electron chi connectivity index (χ1n) is 8.59. The molecule has 0 spiro atoms. The molecule has 0 saturated heterocycles. The molecule has 2 aliphatic rings. The van der Waals surface area contributed by atoms with E-state index < -0.39 is 17.6 Å². The zero-order chi connectivity index (χ0) is 18.4. The molecule has 1 unspecified atom stereocenters. The molecule has 0 bridgehead atoms. The summed E-state index contributed by atoms with van der Waals surface area (Å²) in [4.78, 5) is 0. The molecule has 136 valence electrons. The van der Waals surface area contributed by atoms with Gasteiger partial charge in [0.25, 0.3) is 0 Å². The zero-order valence-electron chi connectivity index (χ0n) is 14.3. The minimum absolute atomic E-state index is 0.137. The smallest absolute Gasteiger partial charge is 0.414 e. The maximum atomic E-state index is 14.3. The van der Waals surface area contributed by atoms with Crippen molar-refractivity contribution in [3.63, 3.8) is 0 Å². The van der Waals surface area contributed by atoms with E-state index in [1.165, 1.54) is 5.01 Å². The lowest BCUT2D eigenvalue weighted by molar-refractivity contribution is -0.189. The molecule has 1 saturated carbocycles.